The van der Waals surface area contributed by atoms with Crippen LogP contribution >= 0.6 is 0 Å². The van der Waals surface area contributed by atoms with Crippen molar-refractivity contribution in [3.63, 3.8) is 0 Å². The number of fused-ring (bicyclic) bond motifs is 3. The molecule has 0 aromatic heterocycles. The average molecular weight is 797 g/mol. The van der Waals surface area contributed by atoms with Crippen LogP contribution in [0.3, 0.4) is 0 Å². The number of nitrogens with zero attached hydrogens (tertiary/aromatic N) is 3. The van der Waals surface area contributed by atoms with Crippen molar-refractivity contribution in [1.82, 2.24) is 30.7 Å². The minimum absolute atomic E-state index is 0.0691. The molecule has 6 rings (SSSR count). The maximum absolute atomic E-state index is 14.5. The number of benzene rings is 1. The Balaban J connectivity index is 1.30. The number of carbonyl (C=O) groups is 7. The van der Waals surface area contributed by atoms with Crippen LogP contribution in [0.1, 0.15) is 90.0 Å². The van der Waals surface area contributed by atoms with Crippen molar-refractivity contribution in [2.24, 2.45) is 11.8 Å². The number of allylic oxidation sites excluding steroid dienone is 1. The maximum Gasteiger partial charge on any atom is 0.328 e. The number of ether oxygens (including phenoxy) is 1. The molecule has 0 radical (unpaired) electrons. The predicted molar refractivity (Wildman–Crippen MR) is 202 cm³/mol. The van der Waals surface area contributed by atoms with Crippen molar-refractivity contribution >= 4 is 41.4 Å². The molecule has 4 saturated heterocycles. The standard InChI is InChI=1S/C41H54F2N6O8/c1-24-17-34-41(56)57-23-31(46-36(51)30(20-27-18-28(42)21-29(43)19-27)45-35(50)14-13-26-9-4-3-5-10-26)39(54)48-16-8-12-33(48)40(55)47-15-7-6-11-32(47)37(52)44-25(2)38(53)49(34)22-24/h13-14,18-19,21,24-26,30-34H,3-12,15-17,20,22-23H2,1-2H3,(H,44,52)(H,45,50)(H,46,51)/b14-13+/t24-,25+,30+,31+,32+,33+,34+/m1/s1. The molecule has 1 aromatic carbocycles. The topological polar surface area (TPSA) is 175 Å². The van der Waals surface area contributed by atoms with E-state index in [4.69, 9.17) is 4.74 Å². The van der Waals surface area contributed by atoms with Gasteiger partial charge in [0.05, 0.1) is 0 Å². The molecule has 0 spiro atoms. The summed E-state index contributed by atoms with van der Waals surface area (Å²) in [6, 6.07) is -4.08. The summed E-state index contributed by atoms with van der Waals surface area (Å²) in [6.07, 6.45) is 10.5. The van der Waals surface area contributed by atoms with E-state index in [1.807, 2.05) is 6.92 Å². The lowest BCUT2D eigenvalue weighted by Gasteiger charge is -2.39. The van der Waals surface area contributed by atoms with Crippen molar-refractivity contribution in [3.8, 4) is 0 Å². The summed E-state index contributed by atoms with van der Waals surface area (Å²) >= 11 is 0. The van der Waals surface area contributed by atoms with Gasteiger partial charge in [-0.2, -0.15) is 0 Å². The van der Waals surface area contributed by atoms with Crippen LogP contribution in [0.25, 0.3) is 0 Å². The Morgan fingerprint density at radius 1 is 0.825 bits per heavy atom. The van der Waals surface area contributed by atoms with Gasteiger partial charge in [-0.05, 0) is 93.9 Å². The minimum atomic E-state index is -1.55. The van der Waals surface area contributed by atoms with Gasteiger partial charge in [0.2, 0.25) is 35.4 Å². The van der Waals surface area contributed by atoms with Crippen LogP contribution in [0.5, 0.6) is 0 Å². The first-order valence-corrected chi connectivity index (χ1v) is 20.4. The lowest BCUT2D eigenvalue weighted by Crippen LogP contribution is -2.62. The second-order valence-electron chi connectivity index (χ2n) is 16.3. The van der Waals surface area contributed by atoms with Gasteiger partial charge in [0.15, 0.2) is 0 Å². The zero-order valence-corrected chi connectivity index (χ0v) is 32.7. The van der Waals surface area contributed by atoms with Crippen LogP contribution < -0.4 is 16.0 Å². The van der Waals surface area contributed by atoms with Crippen molar-refractivity contribution in [1.29, 1.82) is 0 Å². The minimum Gasteiger partial charge on any atom is -0.461 e. The van der Waals surface area contributed by atoms with Crippen molar-refractivity contribution < 1.29 is 47.1 Å². The molecule has 7 atom stereocenters. The summed E-state index contributed by atoms with van der Waals surface area (Å²) in [5, 5.41) is 8.01. The highest BCUT2D eigenvalue weighted by Gasteiger charge is 2.46. The summed E-state index contributed by atoms with van der Waals surface area (Å²) in [4.78, 5) is 101. The Bertz CT molecular complexity index is 1730. The molecule has 1 saturated carbocycles. The predicted octanol–water partition coefficient (Wildman–Crippen LogP) is 2.28. The van der Waals surface area contributed by atoms with Gasteiger partial charge < -0.3 is 35.4 Å². The van der Waals surface area contributed by atoms with Crippen LogP contribution in [0.15, 0.2) is 30.4 Å². The molecule has 0 bridgehead atoms. The van der Waals surface area contributed by atoms with Crippen LogP contribution in [0, 0.1) is 23.5 Å². The van der Waals surface area contributed by atoms with Gasteiger partial charge >= 0.3 is 5.97 Å². The first-order valence-electron chi connectivity index (χ1n) is 20.4. The molecule has 5 fully saturated rings. The first kappa shape index (κ1) is 41.7. The zero-order chi connectivity index (χ0) is 40.8. The van der Waals surface area contributed by atoms with E-state index in [-0.39, 0.29) is 56.3 Å². The number of piperidine rings is 1. The molecule has 5 aliphatic rings. The van der Waals surface area contributed by atoms with Crippen molar-refractivity contribution in [3.05, 3.63) is 47.5 Å². The Morgan fingerprint density at radius 2 is 1.49 bits per heavy atom. The highest BCUT2D eigenvalue weighted by molar-refractivity contribution is 5.98. The molecule has 1 aliphatic carbocycles. The molecule has 4 heterocycles. The molecular weight excluding hydrogens is 742 g/mol. The molecule has 310 valence electrons. The second kappa shape index (κ2) is 18.6. The van der Waals surface area contributed by atoms with E-state index in [9.17, 15) is 42.3 Å². The van der Waals surface area contributed by atoms with Gasteiger partial charge in [0, 0.05) is 32.1 Å². The van der Waals surface area contributed by atoms with E-state index < -0.39 is 95.9 Å². The lowest BCUT2D eigenvalue weighted by atomic mass is 9.89. The molecule has 14 nitrogen and oxygen atoms in total. The molecule has 3 N–H and O–H groups in total. The summed E-state index contributed by atoms with van der Waals surface area (Å²) in [6.45, 7) is 3.38. The quantitative estimate of drug-likeness (QED) is 0.279. The lowest BCUT2D eigenvalue weighted by molar-refractivity contribution is -0.158. The summed E-state index contributed by atoms with van der Waals surface area (Å²) in [5.74, 6) is -6.13. The normalized spacial score (nSPS) is 28.7. The number of halogens is 2. The third-order valence-electron chi connectivity index (χ3n) is 11.9. The van der Waals surface area contributed by atoms with Gasteiger partial charge in [0.1, 0.15) is 54.5 Å². The fourth-order valence-corrected chi connectivity index (χ4v) is 8.93. The number of amides is 6. The number of hydrogen-bond donors (Lipinski definition) is 3. The largest absolute Gasteiger partial charge is 0.461 e. The molecule has 6 amide bonds. The maximum atomic E-state index is 14.5. The van der Waals surface area contributed by atoms with E-state index in [0.717, 1.165) is 44.2 Å². The first-order chi connectivity index (χ1) is 27.3. The number of carbonyl (C=O) groups excluding carboxylic acids is 7. The van der Waals surface area contributed by atoms with Gasteiger partial charge in [-0.25, -0.2) is 13.6 Å². The van der Waals surface area contributed by atoms with Crippen LogP contribution in [0.4, 0.5) is 8.78 Å². The molecule has 57 heavy (non-hydrogen) atoms. The van der Waals surface area contributed by atoms with E-state index in [1.165, 1.54) is 27.7 Å². The number of esters is 1. The van der Waals surface area contributed by atoms with E-state index in [1.54, 1.807) is 6.08 Å². The van der Waals surface area contributed by atoms with Gasteiger partial charge in [0.25, 0.3) is 0 Å². The smallest absolute Gasteiger partial charge is 0.328 e. The second-order valence-corrected chi connectivity index (χ2v) is 16.3. The van der Waals surface area contributed by atoms with Crippen LogP contribution in [-0.2, 0) is 44.7 Å². The summed E-state index contributed by atoms with van der Waals surface area (Å²) in [5.41, 5.74) is 0.0691. The SMILES string of the molecule is C[C@@H]1C[C@H]2C(=O)OC[C@H](NC(=O)[C@H](Cc3cc(F)cc(F)c3)NC(=O)/C=C/C3CCCCC3)C(=O)N3CCC[C@H]3C(=O)N3CCCC[C@H]3C(=O)N[C@@H](C)C(=O)N2C1. The molecule has 1 aromatic rings. The summed E-state index contributed by atoms with van der Waals surface area (Å²) in [7, 11) is 0. The Labute approximate surface area is 331 Å². The van der Waals surface area contributed by atoms with E-state index in [2.05, 4.69) is 16.0 Å². The van der Waals surface area contributed by atoms with Gasteiger partial charge in [-0.3, -0.25) is 28.8 Å². The fraction of sp³-hybridized carbons (Fsp3) is 0.634. The van der Waals surface area contributed by atoms with Crippen LogP contribution in [0.2, 0.25) is 0 Å². The van der Waals surface area contributed by atoms with Crippen molar-refractivity contribution in [2.75, 3.05) is 26.2 Å². The number of nitrogens with one attached hydrogen (secondary N) is 3. The fourth-order valence-electron chi connectivity index (χ4n) is 8.93. The van der Waals surface area contributed by atoms with Gasteiger partial charge in [-0.15, -0.1) is 0 Å². The highest BCUT2D eigenvalue weighted by atomic mass is 19.1. The number of cyclic esters (lactones) is 1. The Kier molecular flexibility index (Phi) is 13.6. The summed E-state index contributed by atoms with van der Waals surface area (Å²) < 4.78 is 34.3. The van der Waals surface area contributed by atoms with Gasteiger partial charge in [-0.1, -0.05) is 32.3 Å². The molecule has 4 aliphatic heterocycles. The molecular formula is C41H54F2N6O8. The third kappa shape index (κ3) is 10.2. The Morgan fingerprint density at radius 3 is 2.23 bits per heavy atom. The number of hydrogen-bond acceptors (Lipinski definition) is 8. The average Bonchev–Trinajstić information content (AvgIpc) is 3.84. The van der Waals surface area contributed by atoms with E-state index >= 15 is 0 Å². The Hall–Kier alpha value is -4.89. The molecule has 0 unspecified atom stereocenters. The molecule has 16 heteroatoms. The number of rotatable bonds is 7. The third-order valence-corrected chi connectivity index (χ3v) is 11.9. The monoisotopic (exact) mass is 796 g/mol. The van der Waals surface area contributed by atoms with Crippen molar-refractivity contribution in [2.45, 2.75) is 127 Å². The highest BCUT2D eigenvalue weighted by Crippen LogP contribution is 2.28. The van der Waals surface area contributed by atoms with Crippen LogP contribution in [-0.4, -0.2) is 119 Å². The van der Waals surface area contributed by atoms with E-state index in [0.29, 0.717) is 31.7 Å². The zero-order valence-electron chi connectivity index (χ0n) is 32.7.